The quantitative estimate of drug-likeness (QED) is 0.255. The van der Waals surface area contributed by atoms with Gasteiger partial charge in [-0.25, -0.2) is 4.79 Å². The maximum Gasteiger partial charge on any atom is 0.338 e. The van der Waals surface area contributed by atoms with E-state index < -0.39 is 0 Å². The van der Waals surface area contributed by atoms with Gasteiger partial charge in [-0.1, -0.05) is 72.4 Å². The number of aromatic nitrogens is 3. The second-order valence-electron chi connectivity index (χ2n) is 7.77. The fraction of sp³-hybridized carbons (Fsp3) is 0.185. The van der Waals surface area contributed by atoms with Crippen LogP contribution in [0.1, 0.15) is 34.2 Å². The minimum Gasteiger partial charge on any atom is -0.462 e. The first-order valence-corrected chi connectivity index (χ1v) is 12.3. The van der Waals surface area contributed by atoms with Gasteiger partial charge in [-0.05, 0) is 42.3 Å². The van der Waals surface area contributed by atoms with Gasteiger partial charge in [0.05, 0.1) is 24.5 Å². The first-order valence-electron chi connectivity index (χ1n) is 11.3. The zero-order chi connectivity index (χ0) is 24.5. The lowest BCUT2D eigenvalue weighted by molar-refractivity contribution is -0.113. The highest BCUT2D eigenvalue weighted by atomic mass is 32.2. The molecule has 0 radical (unpaired) electrons. The molecule has 0 aliphatic heterocycles. The van der Waals surface area contributed by atoms with Gasteiger partial charge in [0.2, 0.25) is 5.91 Å². The molecule has 178 valence electrons. The van der Waals surface area contributed by atoms with Crippen molar-refractivity contribution in [2.45, 2.75) is 25.0 Å². The Labute approximate surface area is 208 Å². The van der Waals surface area contributed by atoms with Crippen LogP contribution in [0.4, 0.5) is 5.69 Å². The van der Waals surface area contributed by atoms with Gasteiger partial charge >= 0.3 is 5.97 Å². The van der Waals surface area contributed by atoms with Crippen molar-refractivity contribution in [3.05, 3.63) is 107 Å². The zero-order valence-electron chi connectivity index (χ0n) is 19.4. The Bertz CT molecular complexity index is 1260. The number of esters is 1. The van der Waals surface area contributed by atoms with Crippen LogP contribution in [-0.2, 0) is 22.5 Å². The molecule has 1 aromatic heterocycles. The topological polar surface area (TPSA) is 86.1 Å². The molecular weight excluding hydrogens is 460 g/mol. The standard InChI is InChI=1S/C27H26N4O3S/c1-2-34-26(33)22-13-15-23(16-14-22)28-25(32)19-35-27-30-29-24(17-20-9-5-3-6-10-20)31(27)18-21-11-7-4-8-12-21/h3-16H,2,17-19H2,1H3,(H,28,32). The van der Waals surface area contributed by atoms with Gasteiger partial charge in [0.25, 0.3) is 0 Å². The van der Waals surface area contributed by atoms with Crippen molar-refractivity contribution in [2.24, 2.45) is 0 Å². The van der Waals surface area contributed by atoms with Gasteiger partial charge < -0.3 is 14.6 Å². The third-order valence-corrected chi connectivity index (χ3v) is 6.16. The maximum atomic E-state index is 12.6. The largest absolute Gasteiger partial charge is 0.462 e. The SMILES string of the molecule is CCOC(=O)c1ccc(NC(=O)CSc2nnc(Cc3ccccc3)n2Cc2ccccc2)cc1. The number of thioether (sulfide) groups is 1. The lowest BCUT2D eigenvalue weighted by atomic mass is 10.1. The number of hydrogen-bond acceptors (Lipinski definition) is 6. The summed E-state index contributed by atoms with van der Waals surface area (Å²) in [7, 11) is 0. The molecule has 1 amide bonds. The van der Waals surface area contributed by atoms with Crippen molar-refractivity contribution >= 4 is 29.3 Å². The van der Waals surface area contributed by atoms with Crippen LogP contribution in [0.3, 0.4) is 0 Å². The van der Waals surface area contributed by atoms with Crippen LogP contribution < -0.4 is 5.32 Å². The number of ether oxygens (including phenoxy) is 1. The molecule has 0 saturated carbocycles. The summed E-state index contributed by atoms with van der Waals surface area (Å²) >= 11 is 1.34. The predicted octanol–water partition coefficient (Wildman–Crippen LogP) is 4.82. The molecule has 7 nitrogen and oxygen atoms in total. The highest BCUT2D eigenvalue weighted by Gasteiger charge is 2.16. The van der Waals surface area contributed by atoms with Crippen LogP contribution in [0, 0.1) is 0 Å². The molecule has 4 aromatic rings. The first-order chi connectivity index (χ1) is 17.1. The van der Waals surface area contributed by atoms with E-state index in [0.717, 1.165) is 17.0 Å². The van der Waals surface area contributed by atoms with E-state index >= 15 is 0 Å². The average molecular weight is 487 g/mol. The van der Waals surface area contributed by atoms with E-state index in [4.69, 9.17) is 4.74 Å². The third-order valence-electron chi connectivity index (χ3n) is 5.19. The maximum absolute atomic E-state index is 12.6. The lowest BCUT2D eigenvalue weighted by Gasteiger charge is -2.11. The van der Waals surface area contributed by atoms with Gasteiger partial charge in [0.15, 0.2) is 5.16 Å². The van der Waals surface area contributed by atoms with Crippen LogP contribution in [0.2, 0.25) is 0 Å². The summed E-state index contributed by atoms with van der Waals surface area (Å²) in [5, 5.41) is 12.4. The molecule has 1 N–H and O–H groups in total. The fourth-order valence-electron chi connectivity index (χ4n) is 3.49. The van der Waals surface area contributed by atoms with Crippen LogP contribution in [0.5, 0.6) is 0 Å². The molecule has 3 aromatic carbocycles. The Hall–Kier alpha value is -3.91. The second kappa shape index (κ2) is 12.0. The van der Waals surface area contributed by atoms with Crippen LogP contribution >= 0.6 is 11.8 Å². The van der Waals surface area contributed by atoms with Crippen LogP contribution in [-0.4, -0.2) is 39.0 Å². The Kier molecular flexibility index (Phi) is 8.30. The molecule has 8 heteroatoms. The van der Waals surface area contributed by atoms with Crippen LogP contribution in [0.15, 0.2) is 90.1 Å². The second-order valence-corrected chi connectivity index (χ2v) is 8.71. The normalized spacial score (nSPS) is 10.7. The molecule has 0 fully saturated rings. The number of carbonyl (C=O) groups excluding carboxylic acids is 2. The molecule has 0 bridgehead atoms. The third kappa shape index (κ3) is 6.80. The summed E-state index contributed by atoms with van der Waals surface area (Å²) < 4.78 is 7.05. The molecule has 0 aliphatic carbocycles. The highest BCUT2D eigenvalue weighted by molar-refractivity contribution is 7.99. The minimum atomic E-state index is -0.384. The fourth-order valence-corrected chi connectivity index (χ4v) is 4.25. The molecule has 1 heterocycles. The number of carbonyl (C=O) groups is 2. The van der Waals surface area contributed by atoms with E-state index in [-0.39, 0.29) is 17.6 Å². The smallest absolute Gasteiger partial charge is 0.338 e. The Morgan fingerprint density at radius 3 is 2.20 bits per heavy atom. The number of benzene rings is 3. The molecule has 35 heavy (non-hydrogen) atoms. The average Bonchev–Trinajstić information content (AvgIpc) is 3.25. The van der Waals surface area contributed by atoms with Crippen molar-refractivity contribution in [2.75, 3.05) is 17.7 Å². The lowest BCUT2D eigenvalue weighted by Crippen LogP contribution is -2.15. The number of nitrogens with one attached hydrogen (secondary N) is 1. The number of nitrogens with zero attached hydrogens (tertiary/aromatic N) is 3. The molecular formula is C27H26N4O3S. The van der Waals surface area contributed by atoms with E-state index in [1.54, 1.807) is 31.2 Å². The van der Waals surface area contributed by atoms with Gasteiger partial charge in [0.1, 0.15) is 5.82 Å². The van der Waals surface area contributed by atoms with E-state index in [0.29, 0.717) is 36.0 Å². The van der Waals surface area contributed by atoms with E-state index in [2.05, 4.69) is 44.3 Å². The van der Waals surface area contributed by atoms with Gasteiger partial charge in [0, 0.05) is 12.1 Å². The summed E-state index contributed by atoms with van der Waals surface area (Å²) in [4.78, 5) is 24.4. The summed E-state index contributed by atoms with van der Waals surface area (Å²) in [6.07, 6.45) is 0.653. The molecule has 0 atom stereocenters. The van der Waals surface area contributed by atoms with E-state index in [1.807, 2.05) is 36.4 Å². The molecule has 0 saturated heterocycles. The monoisotopic (exact) mass is 486 g/mol. The van der Waals surface area contributed by atoms with Crippen LogP contribution in [0.25, 0.3) is 0 Å². The number of anilines is 1. The van der Waals surface area contributed by atoms with Gasteiger partial charge in [-0.15, -0.1) is 10.2 Å². The summed E-state index contributed by atoms with van der Waals surface area (Å²) in [5.74, 6) is 0.470. The first kappa shape index (κ1) is 24.2. The van der Waals surface area contributed by atoms with E-state index in [1.165, 1.54) is 11.8 Å². The summed E-state index contributed by atoms with van der Waals surface area (Å²) in [5.41, 5.74) is 3.34. The number of rotatable bonds is 10. The number of hydrogen-bond donors (Lipinski definition) is 1. The van der Waals surface area contributed by atoms with Crippen molar-refractivity contribution in [3.8, 4) is 0 Å². The molecule has 0 spiro atoms. The van der Waals surface area contributed by atoms with Crippen molar-refractivity contribution in [1.29, 1.82) is 0 Å². The zero-order valence-corrected chi connectivity index (χ0v) is 20.2. The van der Waals surface area contributed by atoms with Crippen molar-refractivity contribution < 1.29 is 14.3 Å². The molecule has 0 aliphatic rings. The van der Waals surface area contributed by atoms with Gasteiger partial charge in [-0.2, -0.15) is 0 Å². The Morgan fingerprint density at radius 1 is 0.886 bits per heavy atom. The van der Waals surface area contributed by atoms with Gasteiger partial charge in [-0.3, -0.25) is 4.79 Å². The number of amides is 1. The Balaban J connectivity index is 1.43. The van der Waals surface area contributed by atoms with Crippen molar-refractivity contribution in [1.82, 2.24) is 14.8 Å². The summed E-state index contributed by atoms with van der Waals surface area (Å²) in [6, 6.07) is 26.9. The Morgan fingerprint density at radius 2 is 1.54 bits per heavy atom. The predicted molar refractivity (Wildman–Crippen MR) is 137 cm³/mol. The summed E-state index contributed by atoms with van der Waals surface area (Å²) in [6.45, 7) is 2.70. The van der Waals surface area contributed by atoms with Crippen molar-refractivity contribution in [3.63, 3.8) is 0 Å². The highest BCUT2D eigenvalue weighted by Crippen LogP contribution is 2.21. The molecule has 4 rings (SSSR count). The molecule has 0 unspecified atom stereocenters. The minimum absolute atomic E-state index is 0.169. The van der Waals surface area contributed by atoms with E-state index in [9.17, 15) is 9.59 Å².